The highest BCUT2D eigenvalue weighted by Gasteiger charge is 2.10. The van der Waals surface area contributed by atoms with E-state index in [9.17, 15) is 8.78 Å². The van der Waals surface area contributed by atoms with Crippen molar-refractivity contribution in [1.29, 1.82) is 5.41 Å². The maximum Gasteiger partial charge on any atom is 0.139 e. The van der Waals surface area contributed by atoms with E-state index in [1.165, 1.54) is 6.92 Å². The van der Waals surface area contributed by atoms with E-state index in [2.05, 4.69) is 0 Å². The zero-order chi connectivity index (χ0) is 9.30. The van der Waals surface area contributed by atoms with Crippen LogP contribution in [0.3, 0.4) is 0 Å². The van der Waals surface area contributed by atoms with Crippen LogP contribution in [0.1, 0.15) is 11.1 Å². The molecule has 0 aliphatic carbocycles. The number of benzene rings is 1. The first-order valence-corrected chi connectivity index (χ1v) is 3.33. The first kappa shape index (κ1) is 8.64. The molecule has 0 atom stereocenters. The number of amidine groups is 1. The maximum atomic E-state index is 13.1. The number of rotatable bonds is 1. The SMILES string of the molecule is Cc1c(F)ccc(C(=N)N)c1F. The van der Waals surface area contributed by atoms with E-state index in [-0.39, 0.29) is 11.1 Å². The Morgan fingerprint density at radius 1 is 1.42 bits per heavy atom. The molecule has 0 saturated carbocycles. The van der Waals surface area contributed by atoms with Gasteiger partial charge in [-0.25, -0.2) is 8.78 Å². The fourth-order valence-corrected chi connectivity index (χ4v) is 0.870. The van der Waals surface area contributed by atoms with Gasteiger partial charge in [0, 0.05) is 5.56 Å². The number of nitrogens with one attached hydrogen (secondary N) is 1. The minimum Gasteiger partial charge on any atom is -0.384 e. The molecule has 0 aromatic heterocycles. The van der Waals surface area contributed by atoms with Crippen LogP contribution in [-0.4, -0.2) is 5.84 Å². The van der Waals surface area contributed by atoms with E-state index in [1.54, 1.807) is 0 Å². The van der Waals surface area contributed by atoms with Crippen LogP contribution < -0.4 is 5.73 Å². The fraction of sp³-hybridized carbons (Fsp3) is 0.125. The Bertz CT molecular complexity index is 334. The van der Waals surface area contributed by atoms with Crippen LogP contribution in [0, 0.1) is 24.0 Å². The molecule has 0 spiro atoms. The van der Waals surface area contributed by atoms with Crippen LogP contribution in [0.5, 0.6) is 0 Å². The first-order chi connectivity index (χ1) is 5.54. The van der Waals surface area contributed by atoms with Gasteiger partial charge in [-0.2, -0.15) is 0 Å². The van der Waals surface area contributed by atoms with Crippen molar-refractivity contribution in [2.75, 3.05) is 0 Å². The molecule has 1 rings (SSSR count). The third-order valence-corrected chi connectivity index (χ3v) is 1.61. The molecular formula is C8H8F2N2. The Balaban J connectivity index is 3.36. The van der Waals surface area contributed by atoms with E-state index in [1.807, 2.05) is 0 Å². The fourth-order valence-electron chi connectivity index (χ4n) is 0.870. The molecule has 0 fully saturated rings. The third-order valence-electron chi connectivity index (χ3n) is 1.61. The van der Waals surface area contributed by atoms with Crippen molar-refractivity contribution in [2.24, 2.45) is 5.73 Å². The second-order valence-electron chi connectivity index (χ2n) is 2.45. The molecule has 4 heteroatoms. The summed E-state index contributed by atoms with van der Waals surface area (Å²) in [5.41, 5.74) is 4.88. The molecule has 0 saturated heterocycles. The van der Waals surface area contributed by atoms with Gasteiger partial charge in [0.25, 0.3) is 0 Å². The molecule has 0 amide bonds. The topological polar surface area (TPSA) is 49.9 Å². The van der Waals surface area contributed by atoms with Crippen LogP contribution in [0.2, 0.25) is 0 Å². The van der Waals surface area contributed by atoms with Crippen molar-refractivity contribution in [3.8, 4) is 0 Å². The number of halogens is 2. The Labute approximate surface area is 68.5 Å². The van der Waals surface area contributed by atoms with Crippen molar-refractivity contribution in [1.82, 2.24) is 0 Å². The van der Waals surface area contributed by atoms with E-state index in [0.717, 1.165) is 12.1 Å². The second-order valence-corrected chi connectivity index (χ2v) is 2.45. The molecule has 3 N–H and O–H groups in total. The summed E-state index contributed by atoms with van der Waals surface area (Å²) in [7, 11) is 0. The first-order valence-electron chi connectivity index (χ1n) is 3.33. The largest absolute Gasteiger partial charge is 0.384 e. The van der Waals surface area contributed by atoms with E-state index >= 15 is 0 Å². The summed E-state index contributed by atoms with van der Waals surface area (Å²) >= 11 is 0. The molecule has 0 aliphatic rings. The lowest BCUT2D eigenvalue weighted by Crippen LogP contribution is -2.14. The molecule has 0 unspecified atom stereocenters. The zero-order valence-electron chi connectivity index (χ0n) is 6.49. The van der Waals surface area contributed by atoms with Gasteiger partial charge in [0.1, 0.15) is 17.5 Å². The van der Waals surface area contributed by atoms with Crippen LogP contribution in [0.15, 0.2) is 12.1 Å². The molecular weight excluding hydrogens is 162 g/mol. The van der Waals surface area contributed by atoms with Gasteiger partial charge in [-0.3, -0.25) is 5.41 Å². The summed E-state index contributed by atoms with van der Waals surface area (Å²) in [5, 5.41) is 6.96. The summed E-state index contributed by atoms with van der Waals surface area (Å²) in [5.74, 6) is -1.78. The average Bonchev–Trinajstić information content (AvgIpc) is 2.00. The molecule has 0 radical (unpaired) electrons. The molecule has 1 aromatic carbocycles. The van der Waals surface area contributed by atoms with E-state index in [4.69, 9.17) is 11.1 Å². The third kappa shape index (κ3) is 1.28. The van der Waals surface area contributed by atoms with Crippen molar-refractivity contribution in [2.45, 2.75) is 6.92 Å². The Kier molecular flexibility index (Phi) is 2.08. The maximum absolute atomic E-state index is 13.1. The normalized spacial score (nSPS) is 9.92. The van der Waals surface area contributed by atoms with E-state index in [0.29, 0.717) is 0 Å². The minimum absolute atomic E-state index is 0.0612. The summed E-state index contributed by atoms with van der Waals surface area (Å²) in [6, 6.07) is 2.25. The Hall–Kier alpha value is -1.45. The van der Waals surface area contributed by atoms with Gasteiger partial charge in [-0.15, -0.1) is 0 Å². The molecule has 0 aliphatic heterocycles. The molecule has 0 heterocycles. The lowest BCUT2D eigenvalue weighted by atomic mass is 10.1. The van der Waals surface area contributed by atoms with Gasteiger partial charge in [0.15, 0.2) is 0 Å². The standard InChI is InChI=1S/C8H8F2N2/c1-4-6(9)3-2-5(7(4)10)8(11)12/h2-3H,1H3,(H3,11,12). The van der Waals surface area contributed by atoms with E-state index < -0.39 is 17.5 Å². The van der Waals surface area contributed by atoms with Crippen LogP contribution in [-0.2, 0) is 0 Å². The minimum atomic E-state index is -0.762. The highest BCUT2D eigenvalue weighted by atomic mass is 19.1. The van der Waals surface area contributed by atoms with Gasteiger partial charge in [0.2, 0.25) is 0 Å². The molecule has 12 heavy (non-hydrogen) atoms. The number of nitrogens with two attached hydrogens (primary N) is 1. The monoisotopic (exact) mass is 170 g/mol. The second kappa shape index (κ2) is 2.89. The van der Waals surface area contributed by atoms with Gasteiger partial charge in [0.05, 0.1) is 5.56 Å². The van der Waals surface area contributed by atoms with Gasteiger partial charge in [-0.1, -0.05) is 0 Å². The summed E-state index contributed by atoms with van der Waals surface area (Å²) in [6.07, 6.45) is 0. The summed E-state index contributed by atoms with van der Waals surface area (Å²) < 4.78 is 25.7. The summed E-state index contributed by atoms with van der Waals surface area (Å²) in [4.78, 5) is 0. The van der Waals surface area contributed by atoms with Crippen LogP contribution in [0.4, 0.5) is 8.78 Å². The van der Waals surface area contributed by atoms with Crippen LogP contribution >= 0.6 is 0 Å². The molecule has 1 aromatic rings. The van der Waals surface area contributed by atoms with Crippen molar-refractivity contribution < 1.29 is 8.78 Å². The quantitative estimate of drug-likeness (QED) is 0.487. The van der Waals surface area contributed by atoms with Crippen molar-refractivity contribution in [3.63, 3.8) is 0 Å². The number of hydrogen-bond acceptors (Lipinski definition) is 1. The number of nitrogen functional groups attached to an aromatic ring is 1. The molecule has 64 valence electrons. The lowest BCUT2D eigenvalue weighted by Gasteiger charge is -2.03. The lowest BCUT2D eigenvalue weighted by molar-refractivity contribution is 0.566. The highest BCUT2D eigenvalue weighted by Crippen LogP contribution is 2.14. The molecule has 0 bridgehead atoms. The van der Waals surface area contributed by atoms with Crippen LogP contribution in [0.25, 0.3) is 0 Å². The van der Waals surface area contributed by atoms with Gasteiger partial charge in [-0.05, 0) is 19.1 Å². The van der Waals surface area contributed by atoms with Gasteiger partial charge >= 0.3 is 0 Å². The zero-order valence-corrected chi connectivity index (χ0v) is 6.49. The average molecular weight is 170 g/mol. The summed E-state index contributed by atoms with van der Waals surface area (Å²) in [6.45, 7) is 1.30. The van der Waals surface area contributed by atoms with Gasteiger partial charge < -0.3 is 5.73 Å². The number of hydrogen-bond donors (Lipinski definition) is 2. The predicted octanol–water partition coefficient (Wildman–Crippen LogP) is 1.56. The van der Waals surface area contributed by atoms with Crippen molar-refractivity contribution >= 4 is 5.84 Å². The van der Waals surface area contributed by atoms with Crippen molar-refractivity contribution in [3.05, 3.63) is 34.9 Å². The predicted molar refractivity (Wildman–Crippen MR) is 42.1 cm³/mol. The Morgan fingerprint density at radius 3 is 2.50 bits per heavy atom. The molecule has 2 nitrogen and oxygen atoms in total. The smallest absolute Gasteiger partial charge is 0.139 e. The Morgan fingerprint density at radius 2 is 2.00 bits per heavy atom. The highest BCUT2D eigenvalue weighted by molar-refractivity contribution is 5.95.